The minimum atomic E-state index is 0.513. The van der Waals surface area contributed by atoms with Crippen molar-refractivity contribution in [3.05, 3.63) is 29.6 Å². The molecule has 0 unspecified atom stereocenters. The number of aldehydes is 1. The molecule has 0 spiro atoms. The van der Waals surface area contributed by atoms with Gasteiger partial charge in [-0.15, -0.1) is 0 Å². The van der Waals surface area contributed by atoms with Crippen molar-refractivity contribution in [2.45, 2.75) is 13.3 Å². The molecule has 0 aromatic carbocycles. The summed E-state index contributed by atoms with van der Waals surface area (Å²) in [6.07, 6.45) is 1.64. The first-order valence-corrected chi connectivity index (χ1v) is 3.28. The van der Waals surface area contributed by atoms with Crippen molar-refractivity contribution in [1.82, 2.24) is 4.98 Å². The highest BCUT2D eigenvalue weighted by atomic mass is 16.1. The second kappa shape index (κ2) is 3.11. The van der Waals surface area contributed by atoms with Gasteiger partial charge in [0.25, 0.3) is 0 Å². The van der Waals surface area contributed by atoms with Crippen LogP contribution in [0.5, 0.6) is 0 Å². The Bertz CT molecular complexity index is 232. The predicted molar refractivity (Wildman–Crippen MR) is 39.0 cm³/mol. The van der Waals surface area contributed by atoms with Gasteiger partial charge in [-0.2, -0.15) is 0 Å². The molecule has 52 valence electrons. The van der Waals surface area contributed by atoms with Crippen molar-refractivity contribution in [3.8, 4) is 0 Å². The Morgan fingerprint density at radius 1 is 1.60 bits per heavy atom. The molecule has 0 radical (unpaired) electrons. The van der Waals surface area contributed by atoms with Crippen molar-refractivity contribution in [1.29, 1.82) is 0 Å². The van der Waals surface area contributed by atoms with Crippen LogP contribution in [0.25, 0.3) is 0 Å². The monoisotopic (exact) mass is 135 g/mol. The smallest absolute Gasteiger partial charge is 0.168 e. The highest BCUT2D eigenvalue weighted by molar-refractivity contribution is 5.71. The second-order valence-corrected chi connectivity index (χ2v) is 2.03. The summed E-state index contributed by atoms with van der Waals surface area (Å²) in [6.45, 7) is 2.01. The van der Waals surface area contributed by atoms with Crippen molar-refractivity contribution < 1.29 is 4.79 Å². The van der Waals surface area contributed by atoms with Crippen LogP contribution in [-0.2, 0) is 6.42 Å². The molecule has 0 amide bonds. The SMILES string of the molecule is CCc1cccc(C=O)n1. The van der Waals surface area contributed by atoms with Crippen molar-refractivity contribution in [2.75, 3.05) is 0 Å². The fourth-order valence-electron chi connectivity index (χ4n) is 0.761. The molecule has 0 aliphatic heterocycles. The van der Waals surface area contributed by atoms with E-state index in [0.29, 0.717) is 5.69 Å². The van der Waals surface area contributed by atoms with Crippen LogP contribution in [0.4, 0.5) is 0 Å². The summed E-state index contributed by atoms with van der Waals surface area (Å²) in [7, 11) is 0. The summed E-state index contributed by atoms with van der Waals surface area (Å²) in [5, 5.41) is 0. The van der Waals surface area contributed by atoms with Crippen LogP contribution in [0.3, 0.4) is 0 Å². The Balaban J connectivity index is 2.98. The van der Waals surface area contributed by atoms with Crippen molar-refractivity contribution in [2.24, 2.45) is 0 Å². The van der Waals surface area contributed by atoms with E-state index in [0.717, 1.165) is 18.4 Å². The van der Waals surface area contributed by atoms with Crippen LogP contribution in [0.2, 0.25) is 0 Å². The summed E-state index contributed by atoms with van der Waals surface area (Å²) in [6, 6.07) is 5.45. The van der Waals surface area contributed by atoms with Crippen LogP contribution in [0.15, 0.2) is 18.2 Å². The Morgan fingerprint density at radius 2 is 2.40 bits per heavy atom. The molecule has 10 heavy (non-hydrogen) atoms. The van der Waals surface area contributed by atoms with E-state index in [1.165, 1.54) is 0 Å². The molecule has 1 rings (SSSR count). The number of hydrogen-bond donors (Lipinski definition) is 0. The van der Waals surface area contributed by atoms with Gasteiger partial charge in [-0.25, -0.2) is 0 Å². The number of pyridine rings is 1. The summed E-state index contributed by atoms with van der Waals surface area (Å²) in [4.78, 5) is 14.3. The number of carbonyl (C=O) groups excluding carboxylic acids is 1. The molecule has 0 N–H and O–H groups in total. The van der Waals surface area contributed by atoms with Gasteiger partial charge < -0.3 is 0 Å². The van der Waals surface area contributed by atoms with Gasteiger partial charge in [0, 0.05) is 5.69 Å². The number of hydrogen-bond acceptors (Lipinski definition) is 2. The van der Waals surface area contributed by atoms with E-state index >= 15 is 0 Å². The van der Waals surface area contributed by atoms with Crippen molar-refractivity contribution >= 4 is 6.29 Å². The predicted octanol–water partition coefficient (Wildman–Crippen LogP) is 1.46. The Morgan fingerprint density at radius 3 is 3.00 bits per heavy atom. The Labute approximate surface area is 59.9 Å². The summed E-state index contributed by atoms with van der Waals surface area (Å²) in [5.41, 5.74) is 1.48. The third-order valence-electron chi connectivity index (χ3n) is 1.31. The molecule has 1 aromatic rings. The van der Waals surface area contributed by atoms with E-state index in [1.54, 1.807) is 6.07 Å². The van der Waals surface area contributed by atoms with Crippen LogP contribution >= 0.6 is 0 Å². The normalized spacial score (nSPS) is 9.30. The first-order chi connectivity index (χ1) is 4.86. The Kier molecular flexibility index (Phi) is 2.15. The summed E-state index contributed by atoms with van der Waals surface area (Å²) in [5.74, 6) is 0. The van der Waals surface area contributed by atoms with Crippen LogP contribution < -0.4 is 0 Å². The lowest BCUT2D eigenvalue weighted by Crippen LogP contribution is -1.90. The molecule has 0 fully saturated rings. The molecule has 0 saturated carbocycles. The van der Waals surface area contributed by atoms with Gasteiger partial charge in [-0.05, 0) is 18.6 Å². The molecular weight excluding hydrogens is 126 g/mol. The number of aromatic nitrogens is 1. The third-order valence-corrected chi connectivity index (χ3v) is 1.31. The van der Waals surface area contributed by atoms with Gasteiger partial charge in [-0.1, -0.05) is 13.0 Å². The van der Waals surface area contributed by atoms with Gasteiger partial charge in [0.05, 0.1) is 0 Å². The maximum absolute atomic E-state index is 10.2. The van der Waals surface area contributed by atoms with E-state index in [4.69, 9.17) is 0 Å². The number of carbonyl (C=O) groups is 1. The molecule has 0 aliphatic carbocycles. The minimum Gasteiger partial charge on any atom is -0.296 e. The van der Waals surface area contributed by atoms with E-state index in [1.807, 2.05) is 19.1 Å². The molecule has 0 bridgehead atoms. The molecule has 0 aliphatic rings. The molecule has 1 aromatic heterocycles. The zero-order valence-corrected chi connectivity index (χ0v) is 5.87. The molecular formula is C8H9NO. The zero-order valence-electron chi connectivity index (χ0n) is 5.87. The zero-order chi connectivity index (χ0) is 7.40. The first-order valence-electron chi connectivity index (χ1n) is 3.28. The van der Waals surface area contributed by atoms with Crippen LogP contribution in [-0.4, -0.2) is 11.3 Å². The lowest BCUT2D eigenvalue weighted by molar-refractivity contribution is 0.111. The molecule has 0 atom stereocenters. The van der Waals surface area contributed by atoms with Crippen LogP contribution in [0.1, 0.15) is 23.1 Å². The topological polar surface area (TPSA) is 30.0 Å². The molecule has 0 saturated heterocycles. The highest BCUT2D eigenvalue weighted by Crippen LogP contribution is 1.96. The lowest BCUT2D eigenvalue weighted by Gasteiger charge is -1.93. The fourth-order valence-corrected chi connectivity index (χ4v) is 0.761. The van der Waals surface area contributed by atoms with Gasteiger partial charge in [-0.3, -0.25) is 9.78 Å². The largest absolute Gasteiger partial charge is 0.296 e. The van der Waals surface area contributed by atoms with E-state index in [2.05, 4.69) is 4.98 Å². The molecule has 2 nitrogen and oxygen atoms in total. The lowest BCUT2D eigenvalue weighted by atomic mass is 10.3. The van der Waals surface area contributed by atoms with Gasteiger partial charge in [0.1, 0.15) is 5.69 Å². The number of aryl methyl sites for hydroxylation is 1. The fraction of sp³-hybridized carbons (Fsp3) is 0.250. The second-order valence-electron chi connectivity index (χ2n) is 2.03. The number of nitrogens with zero attached hydrogens (tertiary/aromatic N) is 1. The average Bonchev–Trinajstić information content (AvgIpc) is 2.05. The first kappa shape index (κ1) is 6.93. The van der Waals surface area contributed by atoms with Gasteiger partial charge >= 0.3 is 0 Å². The minimum absolute atomic E-state index is 0.513. The van der Waals surface area contributed by atoms with Crippen molar-refractivity contribution in [3.63, 3.8) is 0 Å². The average molecular weight is 135 g/mol. The highest BCUT2D eigenvalue weighted by Gasteiger charge is 1.91. The Hall–Kier alpha value is -1.18. The third kappa shape index (κ3) is 1.41. The molecule has 1 heterocycles. The molecule has 2 heteroatoms. The van der Waals surface area contributed by atoms with E-state index in [9.17, 15) is 4.79 Å². The van der Waals surface area contributed by atoms with E-state index < -0.39 is 0 Å². The summed E-state index contributed by atoms with van der Waals surface area (Å²) >= 11 is 0. The van der Waals surface area contributed by atoms with Gasteiger partial charge in [0.15, 0.2) is 6.29 Å². The van der Waals surface area contributed by atoms with E-state index in [-0.39, 0.29) is 0 Å². The standard InChI is InChI=1S/C8H9NO/c1-2-7-4-3-5-8(6-10)9-7/h3-6H,2H2,1H3. The van der Waals surface area contributed by atoms with Gasteiger partial charge in [0.2, 0.25) is 0 Å². The quantitative estimate of drug-likeness (QED) is 0.574. The maximum Gasteiger partial charge on any atom is 0.168 e. The van der Waals surface area contributed by atoms with Crippen LogP contribution in [0, 0.1) is 0 Å². The number of rotatable bonds is 2. The maximum atomic E-state index is 10.2. The summed E-state index contributed by atoms with van der Waals surface area (Å²) < 4.78 is 0.